The minimum atomic E-state index is 0. The van der Waals surface area contributed by atoms with E-state index in [1.165, 1.54) is 0 Å². The molecule has 0 aliphatic carbocycles. The first-order valence-corrected chi connectivity index (χ1v) is 2.14. The molecule has 0 radical (unpaired) electrons. The Kier molecular flexibility index (Phi) is 8.62. The van der Waals surface area contributed by atoms with Crippen LogP contribution in [-0.4, -0.2) is 6.04 Å². The largest absolute Gasteiger partial charge is 0.328 e. The molecule has 0 saturated carbocycles. The van der Waals surface area contributed by atoms with Crippen LogP contribution in [-0.2, 0) is 0 Å². The number of rotatable bonds is 2. The maximum Gasteiger partial charge on any atom is 0.00449 e. The molecule has 2 N–H and O–H groups in total. The molecular weight excluding hydrogens is 110 g/mol. The van der Waals surface area contributed by atoms with E-state index in [1.807, 2.05) is 13.0 Å². The first-order valence-electron chi connectivity index (χ1n) is 2.14. The van der Waals surface area contributed by atoms with Gasteiger partial charge in [-0.25, -0.2) is 0 Å². The molecule has 0 bridgehead atoms. The predicted octanol–water partition coefficient (Wildman–Crippen LogP) is 1.33. The fraction of sp³-hybridized carbons (Fsp3) is 0.600. The van der Waals surface area contributed by atoms with E-state index >= 15 is 0 Å². The van der Waals surface area contributed by atoms with E-state index in [-0.39, 0.29) is 18.4 Å². The standard InChI is InChI=1S/C5H11N.ClH/c1-3-4-5(2)6;/h3,5H,1,4,6H2,2H3;1H. The Morgan fingerprint density at radius 2 is 2.29 bits per heavy atom. The zero-order chi connectivity index (χ0) is 4.99. The normalized spacial score (nSPS) is 11.7. The zero-order valence-corrected chi connectivity index (χ0v) is 5.37. The Morgan fingerprint density at radius 3 is 2.29 bits per heavy atom. The van der Waals surface area contributed by atoms with Crippen LogP contribution in [0.5, 0.6) is 0 Å². The topological polar surface area (TPSA) is 26.0 Å². The summed E-state index contributed by atoms with van der Waals surface area (Å²) in [6.07, 6.45) is 2.74. The van der Waals surface area contributed by atoms with Gasteiger partial charge in [-0.2, -0.15) is 0 Å². The van der Waals surface area contributed by atoms with Crippen molar-refractivity contribution in [1.29, 1.82) is 0 Å². The van der Waals surface area contributed by atoms with Gasteiger partial charge in [0.25, 0.3) is 0 Å². The van der Waals surface area contributed by atoms with E-state index in [0.717, 1.165) is 6.42 Å². The Morgan fingerprint density at radius 1 is 1.86 bits per heavy atom. The molecule has 1 atom stereocenters. The summed E-state index contributed by atoms with van der Waals surface area (Å²) < 4.78 is 0. The molecule has 1 nitrogen and oxygen atoms in total. The highest BCUT2D eigenvalue weighted by Crippen LogP contribution is 1.82. The SMILES string of the molecule is C=CCC(C)N.Cl. The van der Waals surface area contributed by atoms with Crippen LogP contribution in [0.1, 0.15) is 13.3 Å². The first kappa shape index (κ1) is 10.1. The van der Waals surface area contributed by atoms with Gasteiger partial charge in [0, 0.05) is 6.04 Å². The van der Waals surface area contributed by atoms with E-state index in [0.29, 0.717) is 0 Å². The summed E-state index contributed by atoms with van der Waals surface area (Å²) in [4.78, 5) is 0. The van der Waals surface area contributed by atoms with Crippen molar-refractivity contribution >= 4 is 12.4 Å². The van der Waals surface area contributed by atoms with E-state index in [2.05, 4.69) is 6.58 Å². The van der Waals surface area contributed by atoms with Crippen LogP contribution in [0, 0.1) is 0 Å². The van der Waals surface area contributed by atoms with Gasteiger partial charge < -0.3 is 5.73 Å². The van der Waals surface area contributed by atoms with Gasteiger partial charge >= 0.3 is 0 Å². The lowest BCUT2D eigenvalue weighted by atomic mass is 10.3. The van der Waals surface area contributed by atoms with E-state index in [9.17, 15) is 0 Å². The molecule has 0 aromatic heterocycles. The summed E-state index contributed by atoms with van der Waals surface area (Å²) in [7, 11) is 0. The molecule has 1 unspecified atom stereocenters. The van der Waals surface area contributed by atoms with Crippen LogP contribution in [0.2, 0.25) is 0 Å². The van der Waals surface area contributed by atoms with E-state index in [4.69, 9.17) is 5.73 Å². The number of halogens is 1. The number of hydrogen-bond acceptors (Lipinski definition) is 1. The Balaban J connectivity index is 0. The monoisotopic (exact) mass is 121 g/mol. The third-order valence-electron chi connectivity index (χ3n) is 0.538. The second kappa shape index (κ2) is 5.99. The summed E-state index contributed by atoms with van der Waals surface area (Å²) in [6, 6.07) is 0.280. The van der Waals surface area contributed by atoms with Gasteiger partial charge in [0.2, 0.25) is 0 Å². The van der Waals surface area contributed by atoms with Crippen LogP contribution in [0.25, 0.3) is 0 Å². The molecule has 0 saturated heterocycles. The fourth-order valence-electron chi connectivity index (χ4n) is 0.263. The van der Waals surface area contributed by atoms with Gasteiger partial charge in [0.1, 0.15) is 0 Å². The third-order valence-corrected chi connectivity index (χ3v) is 0.538. The van der Waals surface area contributed by atoms with Gasteiger partial charge in [-0.15, -0.1) is 19.0 Å². The number of hydrogen-bond donors (Lipinski definition) is 1. The van der Waals surface area contributed by atoms with Gasteiger partial charge in [-0.05, 0) is 13.3 Å². The summed E-state index contributed by atoms with van der Waals surface area (Å²) in [5.74, 6) is 0. The molecule has 0 aliphatic rings. The zero-order valence-electron chi connectivity index (χ0n) is 4.55. The maximum atomic E-state index is 5.33. The van der Waals surface area contributed by atoms with Crippen molar-refractivity contribution < 1.29 is 0 Å². The average Bonchev–Trinajstić information content (AvgIpc) is 1.35. The quantitative estimate of drug-likeness (QED) is 0.548. The molecule has 0 aromatic rings. The summed E-state index contributed by atoms with van der Waals surface area (Å²) >= 11 is 0. The molecule has 0 aromatic carbocycles. The first-order chi connectivity index (χ1) is 2.77. The highest BCUT2D eigenvalue weighted by molar-refractivity contribution is 5.85. The lowest BCUT2D eigenvalue weighted by Crippen LogP contribution is -2.12. The molecule has 0 amide bonds. The smallest absolute Gasteiger partial charge is 0.00449 e. The number of nitrogens with two attached hydrogens (primary N) is 1. The summed E-state index contributed by atoms with van der Waals surface area (Å²) in [5.41, 5.74) is 5.33. The summed E-state index contributed by atoms with van der Waals surface area (Å²) in [5, 5.41) is 0. The van der Waals surface area contributed by atoms with Gasteiger partial charge in [0.05, 0.1) is 0 Å². The molecule has 0 fully saturated rings. The minimum absolute atomic E-state index is 0. The van der Waals surface area contributed by atoms with Crippen molar-refractivity contribution in [2.24, 2.45) is 5.73 Å². The van der Waals surface area contributed by atoms with Crippen LogP contribution >= 0.6 is 12.4 Å². The highest BCUT2D eigenvalue weighted by atomic mass is 35.5. The molecule has 0 spiro atoms. The van der Waals surface area contributed by atoms with E-state index in [1.54, 1.807) is 0 Å². The minimum Gasteiger partial charge on any atom is -0.328 e. The van der Waals surface area contributed by atoms with Crippen molar-refractivity contribution in [2.75, 3.05) is 0 Å². The molecular formula is C5H12ClN. The lowest BCUT2D eigenvalue weighted by Gasteiger charge is -1.93. The van der Waals surface area contributed by atoms with Gasteiger partial charge in [-0.3, -0.25) is 0 Å². The molecule has 44 valence electrons. The molecule has 0 aliphatic heterocycles. The van der Waals surface area contributed by atoms with Gasteiger partial charge in [0.15, 0.2) is 0 Å². The van der Waals surface area contributed by atoms with Crippen molar-refractivity contribution in [3.05, 3.63) is 12.7 Å². The van der Waals surface area contributed by atoms with Crippen LogP contribution in [0.15, 0.2) is 12.7 Å². The van der Waals surface area contributed by atoms with Gasteiger partial charge in [-0.1, -0.05) is 6.08 Å². The molecule has 7 heavy (non-hydrogen) atoms. The van der Waals surface area contributed by atoms with Crippen LogP contribution in [0.3, 0.4) is 0 Å². The van der Waals surface area contributed by atoms with Crippen molar-refractivity contribution in [3.8, 4) is 0 Å². The van der Waals surface area contributed by atoms with Crippen molar-refractivity contribution in [1.82, 2.24) is 0 Å². The van der Waals surface area contributed by atoms with Crippen molar-refractivity contribution in [3.63, 3.8) is 0 Å². The second-order valence-corrected chi connectivity index (χ2v) is 1.50. The van der Waals surface area contributed by atoms with Crippen LogP contribution < -0.4 is 5.73 Å². The van der Waals surface area contributed by atoms with Crippen LogP contribution in [0.4, 0.5) is 0 Å². The Labute approximate surface area is 51.0 Å². The predicted molar refractivity (Wildman–Crippen MR) is 35.7 cm³/mol. The van der Waals surface area contributed by atoms with E-state index < -0.39 is 0 Å². The van der Waals surface area contributed by atoms with Crippen molar-refractivity contribution in [2.45, 2.75) is 19.4 Å². The molecule has 2 heteroatoms. The molecule has 0 heterocycles. The molecule has 0 rings (SSSR count). The second-order valence-electron chi connectivity index (χ2n) is 1.50. The average molecular weight is 122 g/mol. The summed E-state index contributed by atoms with van der Waals surface area (Å²) in [6.45, 7) is 5.48. The highest BCUT2D eigenvalue weighted by Gasteiger charge is 1.82. The third kappa shape index (κ3) is 10.7. The maximum absolute atomic E-state index is 5.33. The Hall–Kier alpha value is -0.0100. The lowest BCUT2D eigenvalue weighted by molar-refractivity contribution is 0.758. The fourth-order valence-corrected chi connectivity index (χ4v) is 0.263. The Bertz CT molecular complexity index is 43.3.